The van der Waals surface area contributed by atoms with Crippen molar-refractivity contribution in [2.24, 2.45) is 11.8 Å². The number of halogens is 3. The second-order valence-corrected chi connectivity index (χ2v) is 7.17. The fourth-order valence-corrected chi connectivity index (χ4v) is 4.03. The SMILES string of the molecule is O=C(CC1CCC(C(F)(F)F)CC1)N1CCCC(c2cn[nH]c2)C1. The molecule has 1 aliphatic heterocycles. The molecule has 1 aromatic heterocycles. The number of alkyl halides is 3. The van der Waals surface area contributed by atoms with Gasteiger partial charge in [-0.3, -0.25) is 9.89 Å². The first-order chi connectivity index (χ1) is 11.4. The van der Waals surface area contributed by atoms with Gasteiger partial charge in [-0.1, -0.05) is 0 Å². The van der Waals surface area contributed by atoms with Gasteiger partial charge in [0.25, 0.3) is 0 Å². The van der Waals surface area contributed by atoms with E-state index in [1.165, 1.54) is 0 Å². The minimum absolute atomic E-state index is 0.0960. The topological polar surface area (TPSA) is 49.0 Å². The van der Waals surface area contributed by atoms with E-state index in [1.54, 1.807) is 6.20 Å². The van der Waals surface area contributed by atoms with Gasteiger partial charge in [0.15, 0.2) is 0 Å². The van der Waals surface area contributed by atoms with Crippen LogP contribution in [0.15, 0.2) is 12.4 Å². The van der Waals surface area contributed by atoms with Gasteiger partial charge in [-0.15, -0.1) is 0 Å². The number of amides is 1. The molecular weight excluding hydrogens is 319 g/mol. The second-order valence-electron chi connectivity index (χ2n) is 7.17. The summed E-state index contributed by atoms with van der Waals surface area (Å²) in [6, 6.07) is 0. The number of carbonyl (C=O) groups is 1. The van der Waals surface area contributed by atoms with Gasteiger partial charge >= 0.3 is 6.18 Å². The first-order valence-corrected chi connectivity index (χ1v) is 8.76. The molecule has 3 rings (SSSR count). The Balaban J connectivity index is 1.49. The molecule has 0 aromatic carbocycles. The lowest BCUT2D eigenvalue weighted by atomic mass is 9.80. The summed E-state index contributed by atoms with van der Waals surface area (Å²) in [5.74, 6) is -0.671. The van der Waals surface area contributed by atoms with Crippen LogP contribution < -0.4 is 0 Å². The van der Waals surface area contributed by atoms with Crippen LogP contribution in [0.25, 0.3) is 0 Å². The van der Waals surface area contributed by atoms with Crippen molar-refractivity contribution in [2.75, 3.05) is 13.1 Å². The molecule has 1 saturated heterocycles. The van der Waals surface area contributed by atoms with Gasteiger partial charge in [-0.25, -0.2) is 0 Å². The van der Waals surface area contributed by atoms with E-state index in [0.717, 1.165) is 24.9 Å². The van der Waals surface area contributed by atoms with Gasteiger partial charge in [0.2, 0.25) is 5.91 Å². The predicted octanol–water partition coefficient (Wildman–Crippen LogP) is 3.87. The second kappa shape index (κ2) is 7.15. The van der Waals surface area contributed by atoms with Crippen LogP contribution >= 0.6 is 0 Å². The van der Waals surface area contributed by atoms with Crippen molar-refractivity contribution in [1.29, 1.82) is 0 Å². The van der Waals surface area contributed by atoms with Crippen LogP contribution in [0.3, 0.4) is 0 Å². The average molecular weight is 343 g/mol. The highest BCUT2D eigenvalue weighted by atomic mass is 19.4. The molecule has 2 heterocycles. The lowest BCUT2D eigenvalue weighted by molar-refractivity contribution is -0.184. The van der Waals surface area contributed by atoms with Crippen molar-refractivity contribution < 1.29 is 18.0 Å². The van der Waals surface area contributed by atoms with Crippen molar-refractivity contribution in [3.8, 4) is 0 Å². The van der Waals surface area contributed by atoms with Crippen LogP contribution in [0.1, 0.15) is 56.4 Å². The summed E-state index contributed by atoms with van der Waals surface area (Å²) in [5, 5.41) is 6.78. The maximum absolute atomic E-state index is 12.7. The normalized spacial score (nSPS) is 28.8. The molecule has 2 aliphatic rings. The van der Waals surface area contributed by atoms with Crippen molar-refractivity contribution in [1.82, 2.24) is 15.1 Å². The number of carbonyl (C=O) groups excluding carboxylic acids is 1. The van der Waals surface area contributed by atoms with E-state index < -0.39 is 12.1 Å². The molecule has 0 spiro atoms. The number of piperidine rings is 1. The number of rotatable bonds is 3. The Labute approximate surface area is 139 Å². The molecule has 4 nitrogen and oxygen atoms in total. The molecule has 1 aromatic rings. The molecule has 134 valence electrons. The highest BCUT2D eigenvalue weighted by molar-refractivity contribution is 5.76. The van der Waals surface area contributed by atoms with E-state index in [2.05, 4.69) is 10.2 Å². The molecule has 1 N–H and O–H groups in total. The van der Waals surface area contributed by atoms with Gasteiger partial charge in [-0.05, 0) is 50.0 Å². The third-order valence-electron chi connectivity index (χ3n) is 5.54. The Morgan fingerprint density at radius 2 is 2.00 bits per heavy atom. The molecule has 2 fully saturated rings. The molecule has 1 atom stereocenters. The maximum Gasteiger partial charge on any atom is 0.391 e. The van der Waals surface area contributed by atoms with Crippen molar-refractivity contribution in [3.05, 3.63) is 18.0 Å². The highest BCUT2D eigenvalue weighted by Gasteiger charge is 2.41. The third kappa shape index (κ3) is 4.11. The van der Waals surface area contributed by atoms with Crippen molar-refractivity contribution in [2.45, 2.75) is 57.0 Å². The van der Waals surface area contributed by atoms with Crippen LogP contribution in [0, 0.1) is 11.8 Å². The molecule has 24 heavy (non-hydrogen) atoms. The average Bonchev–Trinajstić information content (AvgIpc) is 3.09. The molecule has 1 aliphatic carbocycles. The fourth-order valence-electron chi connectivity index (χ4n) is 4.03. The van der Waals surface area contributed by atoms with Gasteiger partial charge in [0.1, 0.15) is 0 Å². The summed E-state index contributed by atoms with van der Waals surface area (Å²) >= 11 is 0. The van der Waals surface area contributed by atoms with E-state index in [4.69, 9.17) is 0 Å². The van der Waals surface area contributed by atoms with Gasteiger partial charge < -0.3 is 4.90 Å². The van der Waals surface area contributed by atoms with Gasteiger partial charge in [0.05, 0.1) is 12.1 Å². The zero-order valence-corrected chi connectivity index (χ0v) is 13.7. The number of nitrogens with zero attached hydrogens (tertiary/aromatic N) is 2. The molecule has 1 saturated carbocycles. The Hall–Kier alpha value is -1.53. The number of likely N-dealkylation sites (tertiary alicyclic amines) is 1. The van der Waals surface area contributed by atoms with Crippen LogP contribution in [0.2, 0.25) is 0 Å². The summed E-state index contributed by atoms with van der Waals surface area (Å²) in [5.41, 5.74) is 1.12. The van der Waals surface area contributed by atoms with Crippen LogP contribution in [0.4, 0.5) is 13.2 Å². The lowest BCUT2D eigenvalue weighted by Crippen LogP contribution is -2.40. The largest absolute Gasteiger partial charge is 0.391 e. The summed E-state index contributed by atoms with van der Waals surface area (Å²) in [6.45, 7) is 1.45. The third-order valence-corrected chi connectivity index (χ3v) is 5.54. The standard InChI is InChI=1S/C17H24F3N3O/c18-17(19,20)15-5-3-12(4-6-15)8-16(24)23-7-1-2-13(11-23)14-9-21-22-10-14/h9-10,12-13,15H,1-8,11H2,(H,21,22). The smallest absolute Gasteiger partial charge is 0.342 e. The highest BCUT2D eigenvalue weighted by Crippen LogP contribution is 2.40. The van der Waals surface area contributed by atoms with Gasteiger partial charge in [0, 0.05) is 31.6 Å². The van der Waals surface area contributed by atoms with Crippen molar-refractivity contribution in [3.63, 3.8) is 0 Å². The molecular formula is C17H24F3N3O. The van der Waals surface area contributed by atoms with E-state index >= 15 is 0 Å². The van der Waals surface area contributed by atoms with E-state index in [9.17, 15) is 18.0 Å². The zero-order chi connectivity index (χ0) is 17.2. The fraction of sp³-hybridized carbons (Fsp3) is 0.765. The molecule has 7 heteroatoms. The van der Waals surface area contributed by atoms with Crippen LogP contribution in [-0.2, 0) is 4.79 Å². The first-order valence-electron chi connectivity index (χ1n) is 8.76. The van der Waals surface area contributed by atoms with Crippen molar-refractivity contribution >= 4 is 5.91 Å². The van der Waals surface area contributed by atoms with Crippen LogP contribution in [0.5, 0.6) is 0 Å². The maximum atomic E-state index is 12.7. The number of hydrogen-bond acceptors (Lipinski definition) is 2. The summed E-state index contributed by atoms with van der Waals surface area (Å²) in [7, 11) is 0. The Kier molecular flexibility index (Phi) is 5.15. The Morgan fingerprint density at radius 1 is 1.25 bits per heavy atom. The summed E-state index contributed by atoms with van der Waals surface area (Å²) in [4.78, 5) is 14.4. The molecule has 1 unspecified atom stereocenters. The van der Waals surface area contributed by atoms with E-state index in [1.807, 2.05) is 11.1 Å². The first kappa shape index (κ1) is 17.3. The molecule has 0 radical (unpaired) electrons. The number of aromatic amines is 1. The summed E-state index contributed by atoms with van der Waals surface area (Å²) in [6.07, 6.45) is 3.33. The lowest BCUT2D eigenvalue weighted by Gasteiger charge is -2.35. The minimum Gasteiger partial charge on any atom is -0.342 e. The minimum atomic E-state index is -4.08. The Bertz CT molecular complexity index is 536. The molecule has 1 amide bonds. The molecule has 0 bridgehead atoms. The van der Waals surface area contributed by atoms with Gasteiger partial charge in [-0.2, -0.15) is 18.3 Å². The number of aromatic nitrogens is 2. The van der Waals surface area contributed by atoms with Crippen LogP contribution in [-0.4, -0.2) is 40.3 Å². The zero-order valence-electron chi connectivity index (χ0n) is 13.7. The monoisotopic (exact) mass is 343 g/mol. The predicted molar refractivity (Wildman–Crippen MR) is 83.3 cm³/mol. The number of nitrogens with one attached hydrogen (secondary N) is 1. The number of hydrogen-bond donors (Lipinski definition) is 1. The number of H-pyrrole nitrogens is 1. The Morgan fingerprint density at radius 3 is 2.62 bits per heavy atom. The summed E-state index contributed by atoms with van der Waals surface area (Å²) < 4.78 is 38.1. The van der Waals surface area contributed by atoms with E-state index in [-0.39, 0.29) is 24.7 Å². The quantitative estimate of drug-likeness (QED) is 0.905. The van der Waals surface area contributed by atoms with E-state index in [0.29, 0.717) is 31.7 Å².